The van der Waals surface area contributed by atoms with Crippen molar-refractivity contribution in [2.24, 2.45) is 0 Å². The molecule has 1 aliphatic rings. The molecule has 1 aromatic carbocycles. The van der Waals surface area contributed by atoms with Gasteiger partial charge in [-0.1, -0.05) is 19.4 Å². The van der Waals surface area contributed by atoms with E-state index in [0.717, 1.165) is 25.7 Å². The van der Waals surface area contributed by atoms with Crippen molar-refractivity contribution in [1.82, 2.24) is 4.31 Å². The smallest absolute Gasteiger partial charge is 0.335 e. The molecule has 0 unspecified atom stereocenters. The lowest BCUT2D eigenvalue weighted by atomic mass is 10.0. The molecular formula is C15H21NO4S. The predicted molar refractivity (Wildman–Crippen MR) is 80.0 cm³/mol. The van der Waals surface area contributed by atoms with Crippen LogP contribution in [0.1, 0.15) is 48.5 Å². The number of rotatable bonds is 4. The number of hydrogen-bond acceptors (Lipinski definition) is 3. The largest absolute Gasteiger partial charge is 0.478 e. The van der Waals surface area contributed by atoms with E-state index in [4.69, 9.17) is 5.11 Å². The van der Waals surface area contributed by atoms with Gasteiger partial charge < -0.3 is 5.11 Å². The SMILES string of the molecule is CC[C@@H]1CCCCN1S(=O)(=O)c1ccc(C)c(C(=O)O)c1. The molecule has 0 amide bonds. The molecule has 1 atom stereocenters. The van der Waals surface area contributed by atoms with Gasteiger partial charge in [0.15, 0.2) is 0 Å². The summed E-state index contributed by atoms with van der Waals surface area (Å²) in [5.41, 5.74) is 0.605. The Bertz CT molecular complexity index is 639. The number of sulfonamides is 1. The van der Waals surface area contributed by atoms with Crippen molar-refractivity contribution in [1.29, 1.82) is 0 Å². The van der Waals surface area contributed by atoms with Crippen molar-refractivity contribution in [3.05, 3.63) is 29.3 Å². The lowest BCUT2D eigenvalue weighted by molar-refractivity contribution is 0.0696. The highest BCUT2D eigenvalue weighted by atomic mass is 32.2. The Morgan fingerprint density at radius 1 is 1.38 bits per heavy atom. The van der Waals surface area contributed by atoms with E-state index >= 15 is 0 Å². The fraction of sp³-hybridized carbons (Fsp3) is 0.533. The summed E-state index contributed by atoms with van der Waals surface area (Å²) in [5.74, 6) is -1.10. The summed E-state index contributed by atoms with van der Waals surface area (Å²) in [7, 11) is -3.63. The van der Waals surface area contributed by atoms with Gasteiger partial charge in [0, 0.05) is 12.6 Å². The van der Waals surface area contributed by atoms with Crippen LogP contribution in [0.15, 0.2) is 23.1 Å². The summed E-state index contributed by atoms with van der Waals surface area (Å²) < 4.78 is 27.1. The summed E-state index contributed by atoms with van der Waals surface area (Å²) in [6.45, 7) is 4.16. The Balaban J connectivity index is 2.43. The van der Waals surface area contributed by atoms with Gasteiger partial charge in [-0.15, -0.1) is 0 Å². The maximum atomic E-state index is 12.8. The second kappa shape index (κ2) is 6.15. The van der Waals surface area contributed by atoms with E-state index in [1.807, 2.05) is 6.92 Å². The van der Waals surface area contributed by atoms with Gasteiger partial charge in [-0.3, -0.25) is 0 Å². The third-order valence-electron chi connectivity index (χ3n) is 4.09. The molecule has 5 nitrogen and oxygen atoms in total. The Morgan fingerprint density at radius 3 is 2.71 bits per heavy atom. The summed E-state index contributed by atoms with van der Waals surface area (Å²) in [6.07, 6.45) is 3.54. The number of carbonyl (C=O) groups is 1. The zero-order valence-corrected chi connectivity index (χ0v) is 13.2. The molecule has 2 rings (SSSR count). The maximum absolute atomic E-state index is 12.8. The highest BCUT2D eigenvalue weighted by molar-refractivity contribution is 7.89. The van der Waals surface area contributed by atoms with Gasteiger partial charge in [0.25, 0.3) is 0 Å². The Labute approximate surface area is 125 Å². The minimum absolute atomic E-state index is 0.0123. The lowest BCUT2D eigenvalue weighted by Gasteiger charge is -2.34. The number of carboxylic acids is 1. The highest BCUT2D eigenvalue weighted by Gasteiger charge is 2.32. The maximum Gasteiger partial charge on any atom is 0.335 e. The molecule has 0 bridgehead atoms. The fourth-order valence-corrected chi connectivity index (χ4v) is 4.62. The minimum Gasteiger partial charge on any atom is -0.478 e. The quantitative estimate of drug-likeness (QED) is 0.927. The molecule has 0 spiro atoms. The van der Waals surface area contributed by atoms with Crippen LogP contribution in [0.2, 0.25) is 0 Å². The Hall–Kier alpha value is -1.40. The van der Waals surface area contributed by atoms with Crippen LogP contribution in [0, 0.1) is 6.92 Å². The molecule has 1 aliphatic heterocycles. The molecule has 6 heteroatoms. The predicted octanol–water partition coefficient (Wildman–Crippen LogP) is 2.65. The van der Waals surface area contributed by atoms with E-state index in [0.29, 0.717) is 12.1 Å². The molecule has 1 saturated heterocycles. The van der Waals surface area contributed by atoms with Gasteiger partial charge in [0.05, 0.1) is 10.5 Å². The molecule has 1 N–H and O–H groups in total. The topological polar surface area (TPSA) is 74.7 Å². The van der Waals surface area contributed by atoms with Crippen LogP contribution in [0.5, 0.6) is 0 Å². The first kappa shape index (κ1) is 16.0. The molecule has 1 heterocycles. The molecule has 0 saturated carbocycles. The zero-order chi connectivity index (χ0) is 15.6. The van der Waals surface area contributed by atoms with Crippen LogP contribution in [-0.4, -0.2) is 36.4 Å². The molecule has 21 heavy (non-hydrogen) atoms. The number of aryl methyl sites for hydroxylation is 1. The van der Waals surface area contributed by atoms with Crippen LogP contribution in [0.4, 0.5) is 0 Å². The first-order valence-electron chi connectivity index (χ1n) is 7.23. The van der Waals surface area contributed by atoms with E-state index in [1.54, 1.807) is 13.0 Å². The van der Waals surface area contributed by atoms with E-state index < -0.39 is 16.0 Å². The Kier molecular flexibility index (Phi) is 4.68. The number of nitrogens with zero attached hydrogens (tertiary/aromatic N) is 1. The third kappa shape index (κ3) is 3.11. The second-order valence-electron chi connectivity index (χ2n) is 5.46. The van der Waals surface area contributed by atoms with Crippen molar-refractivity contribution in [3.8, 4) is 0 Å². The number of hydrogen-bond donors (Lipinski definition) is 1. The standard InChI is InChI=1S/C15H21NO4S/c1-3-12-6-4-5-9-16(12)21(19,20)13-8-7-11(2)14(10-13)15(17)18/h7-8,10,12H,3-6,9H2,1-2H3,(H,17,18)/t12-/m1/s1. The van der Waals surface area contributed by atoms with Crippen LogP contribution >= 0.6 is 0 Å². The highest BCUT2D eigenvalue weighted by Crippen LogP contribution is 2.27. The molecular weight excluding hydrogens is 290 g/mol. The zero-order valence-electron chi connectivity index (χ0n) is 12.4. The van der Waals surface area contributed by atoms with Gasteiger partial charge in [-0.25, -0.2) is 13.2 Å². The summed E-state index contributed by atoms with van der Waals surface area (Å²) >= 11 is 0. The Morgan fingerprint density at radius 2 is 2.10 bits per heavy atom. The van der Waals surface area contributed by atoms with Gasteiger partial charge in [0.2, 0.25) is 10.0 Å². The van der Waals surface area contributed by atoms with Gasteiger partial charge in [0.1, 0.15) is 0 Å². The molecule has 116 valence electrons. The minimum atomic E-state index is -3.63. The summed E-state index contributed by atoms with van der Waals surface area (Å²) in [6, 6.07) is 4.34. The monoisotopic (exact) mass is 311 g/mol. The van der Waals surface area contributed by atoms with Gasteiger partial charge in [-0.2, -0.15) is 4.31 Å². The van der Waals surface area contributed by atoms with Gasteiger partial charge >= 0.3 is 5.97 Å². The van der Waals surface area contributed by atoms with E-state index in [1.165, 1.54) is 16.4 Å². The van der Waals surface area contributed by atoms with E-state index in [-0.39, 0.29) is 16.5 Å². The van der Waals surface area contributed by atoms with Crippen molar-refractivity contribution in [2.75, 3.05) is 6.54 Å². The van der Waals surface area contributed by atoms with Crippen molar-refractivity contribution >= 4 is 16.0 Å². The average Bonchev–Trinajstić information content (AvgIpc) is 2.47. The number of aromatic carboxylic acids is 1. The molecule has 1 aromatic rings. The van der Waals surface area contributed by atoms with Gasteiger partial charge in [-0.05, 0) is 43.9 Å². The van der Waals surface area contributed by atoms with Crippen molar-refractivity contribution in [2.45, 2.75) is 50.5 Å². The van der Waals surface area contributed by atoms with Crippen LogP contribution < -0.4 is 0 Å². The number of benzene rings is 1. The van der Waals surface area contributed by atoms with E-state index in [9.17, 15) is 13.2 Å². The molecule has 0 radical (unpaired) electrons. The van der Waals surface area contributed by atoms with Crippen LogP contribution in [-0.2, 0) is 10.0 Å². The summed E-state index contributed by atoms with van der Waals surface area (Å²) in [5, 5.41) is 9.16. The average molecular weight is 311 g/mol. The first-order valence-corrected chi connectivity index (χ1v) is 8.67. The lowest BCUT2D eigenvalue weighted by Crippen LogP contribution is -2.43. The number of piperidine rings is 1. The van der Waals surface area contributed by atoms with Crippen LogP contribution in [0.25, 0.3) is 0 Å². The molecule has 0 aliphatic carbocycles. The third-order valence-corrected chi connectivity index (χ3v) is 6.04. The molecule has 0 aromatic heterocycles. The van der Waals surface area contributed by atoms with Crippen LogP contribution in [0.3, 0.4) is 0 Å². The normalized spacial score (nSPS) is 20.4. The van der Waals surface area contributed by atoms with Crippen molar-refractivity contribution in [3.63, 3.8) is 0 Å². The fourth-order valence-electron chi connectivity index (χ4n) is 2.83. The summed E-state index contributed by atoms with van der Waals surface area (Å²) in [4.78, 5) is 11.3. The van der Waals surface area contributed by atoms with Crippen molar-refractivity contribution < 1.29 is 18.3 Å². The second-order valence-corrected chi connectivity index (χ2v) is 7.35. The van der Waals surface area contributed by atoms with E-state index in [2.05, 4.69) is 0 Å². The first-order chi connectivity index (χ1) is 9.87. The number of carboxylic acid groups (broad SMARTS) is 1. The molecule has 1 fully saturated rings.